The number of halogens is 2. The van der Waals surface area contributed by atoms with E-state index in [-0.39, 0.29) is 17.7 Å². The number of carbonyl (C=O) groups excluding carboxylic acids is 2. The average Bonchev–Trinajstić information content (AvgIpc) is 3.02. The molecule has 1 aliphatic heterocycles. The number of amides is 2. The van der Waals surface area contributed by atoms with Gasteiger partial charge in [0.15, 0.2) is 5.75 Å². The molecule has 0 spiro atoms. The van der Waals surface area contributed by atoms with Gasteiger partial charge in [-0.2, -0.15) is 0 Å². The summed E-state index contributed by atoms with van der Waals surface area (Å²) in [6.45, 7) is 4.54. The number of rotatable bonds is 6. The summed E-state index contributed by atoms with van der Waals surface area (Å²) < 4.78 is 5.85. The van der Waals surface area contributed by atoms with Crippen LogP contribution in [0.1, 0.15) is 27.8 Å². The van der Waals surface area contributed by atoms with Gasteiger partial charge in [-0.15, -0.1) is 0 Å². The van der Waals surface area contributed by atoms with E-state index in [0.717, 1.165) is 34.0 Å². The summed E-state index contributed by atoms with van der Waals surface area (Å²) in [6.07, 6.45) is 1.63. The van der Waals surface area contributed by atoms with Gasteiger partial charge < -0.3 is 4.74 Å². The minimum Gasteiger partial charge on any atom is -0.486 e. The van der Waals surface area contributed by atoms with Gasteiger partial charge in [0, 0.05) is 0 Å². The van der Waals surface area contributed by atoms with E-state index in [0.29, 0.717) is 32.9 Å². The average molecular weight is 498 g/mol. The second-order valence-electron chi connectivity index (χ2n) is 7.79. The quantitative estimate of drug-likeness (QED) is 0.332. The van der Waals surface area contributed by atoms with E-state index < -0.39 is 0 Å². The Kier molecular flexibility index (Phi) is 7.13. The molecule has 168 valence electrons. The molecular formula is C26H21Cl2NO3S. The van der Waals surface area contributed by atoms with Crippen molar-refractivity contribution in [2.75, 3.05) is 0 Å². The summed E-state index contributed by atoms with van der Waals surface area (Å²) in [5, 5.41) is 0.367. The first-order valence-corrected chi connectivity index (χ1v) is 11.9. The largest absolute Gasteiger partial charge is 0.486 e. The predicted octanol–water partition coefficient (Wildman–Crippen LogP) is 7.43. The number of imide groups is 1. The van der Waals surface area contributed by atoms with Crippen LogP contribution < -0.4 is 4.74 Å². The molecule has 2 amide bonds. The summed E-state index contributed by atoms with van der Waals surface area (Å²) in [7, 11) is 0. The highest BCUT2D eigenvalue weighted by molar-refractivity contribution is 8.18. The Bertz CT molecular complexity index is 1250. The predicted molar refractivity (Wildman–Crippen MR) is 135 cm³/mol. The molecule has 1 fully saturated rings. The number of nitrogens with zero attached hydrogens (tertiary/aromatic N) is 1. The molecule has 1 saturated heterocycles. The molecule has 0 aromatic heterocycles. The van der Waals surface area contributed by atoms with Gasteiger partial charge in [-0.1, -0.05) is 77.3 Å². The van der Waals surface area contributed by atoms with E-state index in [2.05, 4.69) is 0 Å². The number of hydrogen-bond acceptors (Lipinski definition) is 4. The first kappa shape index (κ1) is 23.4. The van der Waals surface area contributed by atoms with Gasteiger partial charge in [0.05, 0.1) is 21.5 Å². The van der Waals surface area contributed by atoms with Crippen molar-refractivity contribution in [3.63, 3.8) is 0 Å². The highest BCUT2D eigenvalue weighted by atomic mass is 35.5. The van der Waals surface area contributed by atoms with E-state index in [1.807, 2.05) is 62.4 Å². The summed E-state index contributed by atoms with van der Waals surface area (Å²) in [5.41, 5.74) is 4.73. The third-order valence-electron chi connectivity index (χ3n) is 5.25. The van der Waals surface area contributed by atoms with Crippen LogP contribution in [0.3, 0.4) is 0 Å². The first-order valence-electron chi connectivity index (χ1n) is 10.3. The molecule has 1 aliphatic rings. The molecule has 0 bridgehead atoms. The normalized spacial score (nSPS) is 14.9. The van der Waals surface area contributed by atoms with Crippen LogP contribution in [0.2, 0.25) is 10.0 Å². The van der Waals surface area contributed by atoms with E-state index in [1.165, 1.54) is 4.90 Å². The highest BCUT2D eigenvalue weighted by Gasteiger charge is 2.35. The Morgan fingerprint density at radius 1 is 0.970 bits per heavy atom. The molecule has 0 atom stereocenters. The monoisotopic (exact) mass is 497 g/mol. The van der Waals surface area contributed by atoms with E-state index in [4.69, 9.17) is 27.9 Å². The maximum absolute atomic E-state index is 12.9. The van der Waals surface area contributed by atoms with E-state index in [1.54, 1.807) is 18.2 Å². The SMILES string of the molecule is Cc1cccc(COc2c(Cl)cc(/C=C3\SC(=O)N(Cc4ccccc4C)C3=O)cc2Cl)c1. The van der Waals surface area contributed by atoms with Crippen molar-refractivity contribution in [2.24, 2.45) is 0 Å². The summed E-state index contributed by atoms with van der Waals surface area (Å²) >= 11 is 13.8. The molecule has 3 aromatic rings. The molecule has 0 N–H and O–H groups in total. The lowest BCUT2D eigenvalue weighted by atomic mass is 10.1. The van der Waals surface area contributed by atoms with Gasteiger partial charge in [0.1, 0.15) is 6.61 Å². The lowest BCUT2D eigenvalue weighted by Crippen LogP contribution is -2.27. The number of aryl methyl sites for hydroxylation is 2. The molecule has 1 heterocycles. The van der Waals surface area contributed by atoms with Crippen LogP contribution in [0.5, 0.6) is 5.75 Å². The van der Waals surface area contributed by atoms with Crippen LogP contribution in [0, 0.1) is 13.8 Å². The molecule has 33 heavy (non-hydrogen) atoms. The second-order valence-corrected chi connectivity index (χ2v) is 9.59. The zero-order valence-corrected chi connectivity index (χ0v) is 20.4. The Morgan fingerprint density at radius 2 is 1.70 bits per heavy atom. The van der Waals surface area contributed by atoms with Gasteiger partial charge in [-0.3, -0.25) is 14.5 Å². The standard InChI is InChI=1S/C26H21Cl2NO3S/c1-16-6-5-8-18(10-16)15-32-24-21(27)11-19(12-22(24)28)13-23-25(30)29(26(31)33-23)14-20-9-4-3-7-17(20)2/h3-13H,14-15H2,1-2H3/b23-13-. The van der Waals surface area contributed by atoms with Crippen LogP contribution in [0.25, 0.3) is 6.08 Å². The number of hydrogen-bond donors (Lipinski definition) is 0. The summed E-state index contributed by atoms with van der Waals surface area (Å²) in [6, 6.07) is 19.0. The van der Waals surface area contributed by atoms with Crippen LogP contribution in [-0.4, -0.2) is 16.0 Å². The number of ether oxygens (including phenoxy) is 1. The van der Waals surface area contributed by atoms with Crippen molar-refractivity contribution in [3.05, 3.63) is 103 Å². The Hall–Kier alpha value is -2.73. The topological polar surface area (TPSA) is 46.6 Å². The molecule has 7 heteroatoms. The fourth-order valence-corrected chi connectivity index (χ4v) is 4.95. The lowest BCUT2D eigenvalue weighted by Gasteiger charge is -2.14. The zero-order chi connectivity index (χ0) is 23.5. The molecular weight excluding hydrogens is 477 g/mol. The van der Waals surface area contributed by atoms with Crippen LogP contribution >= 0.6 is 35.0 Å². The van der Waals surface area contributed by atoms with Crippen molar-refractivity contribution in [1.29, 1.82) is 0 Å². The maximum Gasteiger partial charge on any atom is 0.293 e. The molecule has 0 aliphatic carbocycles. The lowest BCUT2D eigenvalue weighted by molar-refractivity contribution is -0.123. The van der Waals surface area contributed by atoms with Crippen LogP contribution in [-0.2, 0) is 17.9 Å². The van der Waals surface area contributed by atoms with Gasteiger partial charge in [-0.25, -0.2) is 0 Å². The molecule has 0 unspecified atom stereocenters. The molecule has 4 rings (SSSR count). The zero-order valence-electron chi connectivity index (χ0n) is 18.1. The third kappa shape index (κ3) is 5.44. The first-order chi connectivity index (χ1) is 15.8. The van der Waals surface area contributed by atoms with Crippen molar-refractivity contribution >= 4 is 52.2 Å². The van der Waals surface area contributed by atoms with Gasteiger partial charge >= 0.3 is 0 Å². The molecule has 3 aromatic carbocycles. The minimum absolute atomic E-state index is 0.238. The third-order valence-corrected chi connectivity index (χ3v) is 6.72. The van der Waals surface area contributed by atoms with Crippen LogP contribution in [0.15, 0.2) is 65.6 Å². The fraction of sp³-hybridized carbons (Fsp3) is 0.154. The Balaban J connectivity index is 1.51. The molecule has 0 radical (unpaired) electrons. The number of carbonyl (C=O) groups is 2. The smallest absolute Gasteiger partial charge is 0.293 e. The summed E-state index contributed by atoms with van der Waals surface area (Å²) in [4.78, 5) is 27.0. The van der Waals surface area contributed by atoms with Crippen LogP contribution in [0.4, 0.5) is 4.79 Å². The van der Waals surface area contributed by atoms with Gasteiger partial charge in [0.25, 0.3) is 11.1 Å². The molecule has 0 saturated carbocycles. The number of thioether (sulfide) groups is 1. The number of benzene rings is 3. The van der Waals surface area contributed by atoms with Crippen molar-refractivity contribution in [3.8, 4) is 5.75 Å². The minimum atomic E-state index is -0.333. The Morgan fingerprint density at radius 3 is 2.39 bits per heavy atom. The van der Waals surface area contributed by atoms with E-state index in [9.17, 15) is 9.59 Å². The highest BCUT2D eigenvalue weighted by Crippen LogP contribution is 2.38. The second kappa shape index (κ2) is 10.0. The van der Waals surface area contributed by atoms with Crippen molar-refractivity contribution in [2.45, 2.75) is 27.0 Å². The Labute approximate surface area is 207 Å². The van der Waals surface area contributed by atoms with Gasteiger partial charge in [-0.05, 0) is 66.1 Å². The van der Waals surface area contributed by atoms with E-state index >= 15 is 0 Å². The fourth-order valence-electron chi connectivity index (χ4n) is 3.50. The molecule has 4 nitrogen and oxygen atoms in total. The van der Waals surface area contributed by atoms with Crippen molar-refractivity contribution < 1.29 is 14.3 Å². The summed E-state index contributed by atoms with van der Waals surface area (Å²) in [5.74, 6) is 0.0462. The van der Waals surface area contributed by atoms with Crippen molar-refractivity contribution in [1.82, 2.24) is 4.90 Å². The maximum atomic E-state index is 12.9. The van der Waals surface area contributed by atoms with Gasteiger partial charge in [0.2, 0.25) is 0 Å².